The first-order chi connectivity index (χ1) is 6.43. The van der Waals surface area contributed by atoms with Gasteiger partial charge in [-0.3, -0.25) is 0 Å². The molecule has 0 aromatic carbocycles. The quantitative estimate of drug-likeness (QED) is 0.466. The highest BCUT2D eigenvalue weighted by Crippen LogP contribution is 2.09. The second kappa shape index (κ2) is 6.97. The Morgan fingerprint density at radius 2 is 2.00 bits per heavy atom. The number of hydrogen-bond acceptors (Lipinski definition) is 1. The minimum Gasteiger partial charge on any atom is -0.365 e. The monoisotopic (exact) mass is 180 g/mol. The van der Waals surface area contributed by atoms with Crippen LogP contribution in [0.15, 0.2) is 0 Å². The zero-order valence-electron chi connectivity index (χ0n) is 8.64. The van der Waals surface area contributed by atoms with Gasteiger partial charge in [-0.25, -0.2) is 0 Å². The number of hydrogen-bond donors (Lipinski definition) is 0. The lowest BCUT2D eigenvalue weighted by atomic mass is 10.1. The van der Waals surface area contributed by atoms with Crippen molar-refractivity contribution in [1.82, 2.24) is 0 Å². The average Bonchev–Trinajstić information content (AvgIpc) is 2.07. The van der Waals surface area contributed by atoms with E-state index < -0.39 is 0 Å². The highest BCUT2D eigenvalue weighted by Gasteiger charge is 2.13. The van der Waals surface area contributed by atoms with Crippen molar-refractivity contribution in [3.05, 3.63) is 0 Å². The molecule has 74 valence electrons. The summed E-state index contributed by atoms with van der Waals surface area (Å²) in [6.07, 6.45) is 9.15. The molecule has 1 aliphatic heterocycles. The van der Waals surface area contributed by atoms with Gasteiger partial charge in [0.05, 0.1) is 6.61 Å². The molecule has 0 aliphatic carbocycles. The van der Waals surface area contributed by atoms with Crippen LogP contribution in [0.1, 0.15) is 51.9 Å². The van der Waals surface area contributed by atoms with E-state index in [0.717, 1.165) is 19.4 Å². The average molecular weight is 180 g/mol. The predicted molar refractivity (Wildman–Crippen MR) is 55.5 cm³/mol. The molecule has 13 heavy (non-hydrogen) atoms. The Labute approximate surface area is 81.9 Å². The van der Waals surface area contributed by atoms with Crippen LogP contribution < -0.4 is 0 Å². The van der Waals surface area contributed by atoms with Crippen LogP contribution in [-0.2, 0) is 4.74 Å². The summed E-state index contributed by atoms with van der Waals surface area (Å²) in [4.78, 5) is 0. The van der Waals surface area contributed by atoms with Crippen LogP contribution >= 0.6 is 0 Å². The molecule has 0 spiro atoms. The molecule has 1 heteroatoms. The third kappa shape index (κ3) is 4.95. The molecular weight excluding hydrogens is 160 g/mol. The lowest BCUT2D eigenvalue weighted by Crippen LogP contribution is -2.24. The van der Waals surface area contributed by atoms with Crippen molar-refractivity contribution in [1.29, 1.82) is 0 Å². The normalized spacial score (nSPS) is 20.2. The molecule has 0 radical (unpaired) electrons. The molecule has 0 N–H and O–H groups in total. The second-order valence-electron chi connectivity index (χ2n) is 3.63. The molecule has 1 aliphatic rings. The predicted octanol–water partition coefficient (Wildman–Crippen LogP) is 3.14. The standard InChI is InChI=1S/C12H20O/c1-2-3-4-5-6-7-8-9-12-10-11-13-12/h12H,2-7,10-11H2,1H3/t12-/m0/s1. The van der Waals surface area contributed by atoms with E-state index in [1.54, 1.807) is 0 Å². The maximum absolute atomic E-state index is 5.20. The Kier molecular flexibility index (Phi) is 5.69. The molecule has 0 aromatic heterocycles. The Balaban J connectivity index is 1.84. The van der Waals surface area contributed by atoms with Gasteiger partial charge in [0.15, 0.2) is 0 Å². The van der Waals surface area contributed by atoms with Gasteiger partial charge in [0.25, 0.3) is 0 Å². The first kappa shape index (κ1) is 10.6. The summed E-state index contributed by atoms with van der Waals surface area (Å²) in [7, 11) is 0. The zero-order valence-corrected chi connectivity index (χ0v) is 8.64. The molecule has 1 fully saturated rings. The van der Waals surface area contributed by atoms with Crippen LogP contribution in [0.25, 0.3) is 0 Å². The van der Waals surface area contributed by atoms with Gasteiger partial charge in [-0.15, -0.1) is 5.92 Å². The van der Waals surface area contributed by atoms with Crippen molar-refractivity contribution in [2.24, 2.45) is 0 Å². The lowest BCUT2D eigenvalue weighted by Gasteiger charge is -2.20. The largest absolute Gasteiger partial charge is 0.365 e. The summed E-state index contributed by atoms with van der Waals surface area (Å²) in [5, 5.41) is 0. The molecule has 1 nitrogen and oxygen atoms in total. The number of unbranched alkanes of at least 4 members (excludes halogenated alkanes) is 5. The third-order valence-electron chi connectivity index (χ3n) is 2.37. The van der Waals surface area contributed by atoms with Crippen LogP contribution in [0.3, 0.4) is 0 Å². The lowest BCUT2D eigenvalue weighted by molar-refractivity contribution is -0.0122. The van der Waals surface area contributed by atoms with Crippen molar-refractivity contribution in [2.75, 3.05) is 6.61 Å². The van der Waals surface area contributed by atoms with E-state index in [1.165, 1.54) is 32.1 Å². The fourth-order valence-corrected chi connectivity index (χ4v) is 1.35. The van der Waals surface area contributed by atoms with E-state index in [0.29, 0.717) is 0 Å². The number of ether oxygens (including phenoxy) is 1. The van der Waals surface area contributed by atoms with Crippen LogP contribution in [0.2, 0.25) is 0 Å². The van der Waals surface area contributed by atoms with Crippen molar-refractivity contribution in [3.8, 4) is 11.8 Å². The van der Waals surface area contributed by atoms with E-state index in [4.69, 9.17) is 4.74 Å². The van der Waals surface area contributed by atoms with Gasteiger partial charge in [-0.2, -0.15) is 0 Å². The minimum absolute atomic E-state index is 0.274. The van der Waals surface area contributed by atoms with Crippen molar-refractivity contribution in [3.63, 3.8) is 0 Å². The Morgan fingerprint density at radius 1 is 1.23 bits per heavy atom. The van der Waals surface area contributed by atoms with Crippen LogP contribution in [0, 0.1) is 11.8 Å². The van der Waals surface area contributed by atoms with E-state index in [9.17, 15) is 0 Å². The molecule has 1 rings (SSSR count). The summed E-state index contributed by atoms with van der Waals surface area (Å²) in [6.45, 7) is 3.16. The van der Waals surface area contributed by atoms with Gasteiger partial charge in [-0.05, 0) is 6.42 Å². The fourth-order valence-electron chi connectivity index (χ4n) is 1.35. The molecule has 1 atom stereocenters. The summed E-state index contributed by atoms with van der Waals surface area (Å²) in [5.41, 5.74) is 0. The molecule has 0 amide bonds. The fraction of sp³-hybridized carbons (Fsp3) is 0.833. The van der Waals surface area contributed by atoms with Crippen LogP contribution in [-0.4, -0.2) is 12.7 Å². The summed E-state index contributed by atoms with van der Waals surface area (Å²) < 4.78 is 5.20. The smallest absolute Gasteiger partial charge is 0.120 e. The molecular formula is C12H20O. The molecule has 1 heterocycles. The van der Waals surface area contributed by atoms with E-state index in [-0.39, 0.29) is 6.10 Å². The summed E-state index contributed by atoms with van der Waals surface area (Å²) in [5.74, 6) is 6.33. The van der Waals surface area contributed by atoms with Crippen LogP contribution in [0.4, 0.5) is 0 Å². The van der Waals surface area contributed by atoms with E-state index in [1.807, 2.05) is 0 Å². The first-order valence-corrected chi connectivity index (χ1v) is 5.53. The third-order valence-corrected chi connectivity index (χ3v) is 2.37. The highest BCUT2D eigenvalue weighted by atomic mass is 16.5. The Hall–Kier alpha value is -0.480. The van der Waals surface area contributed by atoms with Gasteiger partial charge in [0, 0.05) is 12.8 Å². The van der Waals surface area contributed by atoms with Crippen molar-refractivity contribution < 1.29 is 4.74 Å². The molecule has 0 aromatic rings. The van der Waals surface area contributed by atoms with Gasteiger partial charge in [0.1, 0.15) is 6.10 Å². The van der Waals surface area contributed by atoms with Crippen molar-refractivity contribution in [2.45, 2.75) is 58.0 Å². The van der Waals surface area contributed by atoms with Crippen LogP contribution in [0.5, 0.6) is 0 Å². The topological polar surface area (TPSA) is 9.23 Å². The molecule has 1 saturated heterocycles. The van der Waals surface area contributed by atoms with Gasteiger partial charge >= 0.3 is 0 Å². The summed E-state index contributed by atoms with van der Waals surface area (Å²) in [6, 6.07) is 0. The number of rotatable bonds is 5. The maximum Gasteiger partial charge on any atom is 0.120 e. The van der Waals surface area contributed by atoms with Gasteiger partial charge < -0.3 is 4.74 Å². The SMILES string of the molecule is CCCCCCCC#C[C@H]1CCO1. The van der Waals surface area contributed by atoms with E-state index in [2.05, 4.69) is 18.8 Å². The van der Waals surface area contributed by atoms with E-state index >= 15 is 0 Å². The van der Waals surface area contributed by atoms with Crippen molar-refractivity contribution >= 4 is 0 Å². The molecule has 0 saturated carbocycles. The Morgan fingerprint density at radius 3 is 2.62 bits per heavy atom. The first-order valence-electron chi connectivity index (χ1n) is 5.53. The minimum atomic E-state index is 0.274. The summed E-state index contributed by atoms with van der Waals surface area (Å²) >= 11 is 0. The molecule has 0 bridgehead atoms. The van der Waals surface area contributed by atoms with Gasteiger partial charge in [-0.1, -0.05) is 38.5 Å². The van der Waals surface area contributed by atoms with Gasteiger partial charge in [0.2, 0.25) is 0 Å². The highest BCUT2D eigenvalue weighted by molar-refractivity contribution is 5.07. The molecule has 0 unspecified atom stereocenters. The second-order valence-corrected chi connectivity index (χ2v) is 3.63. The maximum atomic E-state index is 5.20. The zero-order chi connectivity index (χ0) is 9.36. The Bertz CT molecular complexity index is 171.